The number of hydrogen-bond acceptors (Lipinski definition) is 6. The van der Waals surface area contributed by atoms with Crippen molar-refractivity contribution < 1.29 is 9.84 Å². The maximum Gasteiger partial charge on any atom is 0.261 e. The van der Waals surface area contributed by atoms with Crippen LogP contribution in [0, 0.1) is 0 Å². The summed E-state index contributed by atoms with van der Waals surface area (Å²) < 4.78 is 7.87. The van der Waals surface area contributed by atoms with Gasteiger partial charge in [-0.2, -0.15) is 0 Å². The zero-order chi connectivity index (χ0) is 22.2. The van der Waals surface area contributed by atoms with E-state index in [0.29, 0.717) is 30.4 Å². The van der Waals surface area contributed by atoms with Crippen molar-refractivity contribution in [3.05, 3.63) is 74.9 Å². The predicted molar refractivity (Wildman–Crippen MR) is 131 cm³/mol. The molecule has 3 heterocycles. The fourth-order valence-corrected chi connectivity index (χ4v) is 5.69. The lowest BCUT2D eigenvalue weighted by Gasteiger charge is -2.29. The zero-order valence-corrected chi connectivity index (χ0v) is 19.9. The van der Waals surface area contributed by atoms with E-state index >= 15 is 0 Å². The van der Waals surface area contributed by atoms with Crippen LogP contribution in [0.15, 0.2) is 63.2 Å². The third-order valence-electron chi connectivity index (χ3n) is 5.98. The molecule has 0 unspecified atom stereocenters. The lowest BCUT2D eigenvalue weighted by molar-refractivity contribution is -0.0395. The molecule has 32 heavy (non-hydrogen) atoms. The van der Waals surface area contributed by atoms with Crippen LogP contribution in [0.5, 0.6) is 0 Å². The highest BCUT2D eigenvalue weighted by Crippen LogP contribution is 2.30. The Morgan fingerprint density at radius 1 is 1.22 bits per heavy atom. The topological polar surface area (TPSA) is 77.2 Å². The van der Waals surface area contributed by atoms with Crippen molar-refractivity contribution in [1.29, 1.82) is 0 Å². The Kier molecular flexibility index (Phi) is 6.03. The van der Waals surface area contributed by atoms with Crippen molar-refractivity contribution in [3.8, 4) is 0 Å². The van der Waals surface area contributed by atoms with Crippen molar-refractivity contribution in [2.75, 3.05) is 19.5 Å². The van der Waals surface area contributed by atoms with Crippen LogP contribution in [-0.4, -0.2) is 45.2 Å². The van der Waals surface area contributed by atoms with Gasteiger partial charge in [0, 0.05) is 18.2 Å². The molecule has 1 aliphatic heterocycles. The summed E-state index contributed by atoms with van der Waals surface area (Å²) in [6.07, 6.45) is 5.95. The summed E-state index contributed by atoms with van der Waals surface area (Å²) >= 11 is 5.19. The average molecular weight is 512 g/mol. The third kappa shape index (κ3) is 3.85. The van der Waals surface area contributed by atoms with Gasteiger partial charge in [-0.3, -0.25) is 9.36 Å². The monoisotopic (exact) mass is 511 g/mol. The number of rotatable bonds is 4. The third-order valence-corrected chi connectivity index (χ3v) is 7.56. The minimum Gasteiger partial charge on any atom is -0.389 e. The molecule has 0 bridgehead atoms. The molecule has 8 heteroatoms. The van der Waals surface area contributed by atoms with Crippen LogP contribution in [0.4, 0.5) is 0 Å². The normalized spacial score (nSPS) is 19.0. The van der Waals surface area contributed by atoms with Gasteiger partial charge in [0.25, 0.3) is 5.56 Å². The number of aliphatic hydroxyl groups is 1. The van der Waals surface area contributed by atoms with Gasteiger partial charge in [-0.15, -0.1) is 11.8 Å². The minimum absolute atomic E-state index is 0.134. The van der Waals surface area contributed by atoms with E-state index in [1.807, 2.05) is 36.7 Å². The van der Waals surface area contributed by atoms with Gasteiger partial charge in [-0.1, -0.05) is 24.3 Å². The van der Waals surface area contributed by atoms with E-state index in [9.17, 15) is 9.90 Å². The van der Waals surface area contributed by atoms with E-state index in [2.05, 4.69) is 38.0 Å². The quantitative estimate of drug-likeness (QED) is 0.324. The van der Waals surface area contributed by atoms with E-state index in [1.165, 1.54) is 0 Å². The molecular formula is C24H22BrN3O3S. The molecule has 1 saturated heterocycles. The Bertz CT molecular complexity index is 1370. The number of benzene rings is 2. The van der Waals surface area contributed by atoms with Crippen molar-refractivity contribution in [2.24, 2.45) is 0 Å². The number of thioether (sulfide) groups is 1. The van der Waals surface area contributed by atoms with Crippen LogP contribution in [0.3, 0.4) is 0 Å². The molecule has 164 valence electrons. The van der Waals surface area contributed by atoms with Gasteiger partial charge < -0.3 is 9.84 Å². The molecule has 6 nitrogen and oxygen atoms in total. The highest BCUT2D eigenvalue weighted by molar-refractivity contribution is 9.10. The van der Waals surface area contributed by atoms with Crippen LogP contribution in [0.25, 0.3) is 21.7 Å². The fourth-order valence-electron chi connectivity index (χ4n) is 4.40. The SMILES string of the molecule is CSc1ncc(Cc2cc3c(=O)n([C@H]4CCOC[C@@H]4O)cnc3c3ccccc23)cc1Br. The van der Waals surface area contributed by atoms with Gasteiger partial charge in [0.2, 0.25) is 0 Å². The van der Waals surface area contributed by atoms with Gasteiger partial charge in [-0.25, -0.2) is 9.97 Å². The molecule has 0 spiro atoms. The molecule has 2 aromatic carbocycles. The number of halogens is 1. The van der Waals surface area contributed by atoms with Gasteiger partial charge in [0.05, 0.1) is 40.5 Å². The second-order valence-electron chi connectivity index (χ2n) is 7.94. The number of fused-ring (bicyclic) bond motifs is 3. The molecule has 1 N–H and O–H groups in total. The largest absolute Gasteiger partial charge is 0.389 e. The molecule has 0 radical (unpaired) electrons. The highest BCUT2D eigenvalue weighted by atomic mass is 79.9. The van der Waals surface area contributed by atoms with E-state index in [-0.39, 0.29) is 18.2 Å². The molecule has 2 atom stereocenters. The maximum absolute atomic E-state index is 13.5. The van der Waals surface area contributed by atoms with Crippen LogP contribution < -0.4 is 5.56 Å². The van der Waals surface area contributed by atoms with Gasteiger partial charge in [0.1, 0.15) is 5.03 Å². The molecule has 5 rings (SSSR count). The molecule has 2 aromatic heterocycles. The smallest absolute Gasteiger partial charge is 0.261 e. The van der Waals surface area contributed by atoms with Crippen LogP contribution in [-0.2, 0) is 11.2 Å². The molecular weight excluding hydrogens is 490 g/mol. The highest BCUT2D eigenvalue weighted by Gasteiger charge is 2.27. The second kappa shape index (κ2) is 8.94. The Morgan fingerprint density at radius 3 is 2.78 bits per heavy atom. The van der Waals surface area contributed by atoms with Gasteiger partial charge >= 0.3 is 0 Å². The van der Waals surface area contributed by atoms with E-state index in [4.69, 9.17) is 4.74 Å². The number of ether oxygens (including phenoxy) is 1. The van der Waals surface area contributed by atoms with Crippen molar-refractivity contribution in [2.45, 2.75) is 30.0 Å². The van der Waals surface area contributed by atoms with Crippen LogP contribution in [0.2, 0.25) is 0 Å². The first kappa shape index (κ1) is 21.6. The number of aliphatic hydroxyl groups excluding tert-OH is 1. The van der Waals surface area contributed by atoms with Gasteiger partial charge in [-0.05, 0) is 63.7 Å². The Hall–Kier alpha value is -2.26. The van der Waals surface area contributed by atoms with Crippen molar-refractivity contribution >= 4 is 49.4 Å². The summed E-state index contributed by atoms with van der Waals surface area (Å²) in [6.45, 7) is 0.745. The first-order valence-electron chi connectivity index (χ1n) is 10.4. The molecule has 0 amide bonds. The standard InChI is InChI=1S/C24H22BrN3O3S/c1-32-23-19(25)9-14(11-26-23)8-15-10-18-22(17-5-3-2-4-16(15)17)27-13-28(24(18)30)20-6-7-31-12-21(20)29/h2-5,9-11,13,20-21,29H,6-8,12H2,1H3/t20-,21-/m0/s1. The number of nitrogens with zero attached hydrogens (tertiary/aromatic N) is 3. The molecule has 4 aromatic rings. The summed E-state index contributed by atoms with van der Waals surface area (Å²) in [5.41, 5.74) is 2.65. The lowest BCUT2D eigenvalue weighted by Crippen LogP contribution is -2.39. The summed E-state index contributed by atoms with van der Waals surface area (Å²) in [6, 6.07) is 11.7. The number of pyridine rings is 1. The number of hydrogen-bond donors (Lipinski definition) is 1. The molecule has 0 aliphatic carbocycles. The van der Waals surface area contributed by atoms with Gasteiger partial charge in [0.15, 0.2) is 0 Å². The van der Waals surface area contributed by atoms with E-state index in [1.54, 1.807) is 22.7 Å². The minimum atomic E-state index is -0.723. The summed E-state index contributed by atoms with van der Waals surface area (Å²) in [7, 11) is 0. The molecule has 1 aliphatic rings. The predicted octanol–water partition coefficient (Wildman–Crippen LogP) is 4.34. The van der Waals surface area contributed by atoms with E-state index in [0.717, 1.165) is 31.4 Å². The second-order valence-corrected chi connectivity index (χ2v) is 9.59. The van der Waals surface area contributed by atoms with E-state index < -0.39 is 6.10 Å². The van der Waals surface area contributed by atoms with Crippen LogP contribution >= 0.6 is 27.7 Å². The average Bonchev–Trinajstić information content (AvgIpc) is 2.81. The summed E-state index contributed by atoms with van der Waals surface area (Å²) in [5, 5.41) is 13.9. The zero-order valence-electron chi connectivity index (χ0n) is 17.5. The lowest BCUT2D eigenvalue weighted by atomic mass is 9.96. The molecule has 1 fully saturated rings. The fraction of sp³-hybridized carbons (Fsp3) is 0.292. The van der Waals surface area contributed by atoms with Crippen LogP contribution in [0.1, 0.15) is 23.6 Å². The Balaban J connectivity index is 1.67. The Morgan fingerprint density at radius 2 is 2.03 bits per heavy atom. The van der Waals surface area contributed by atoms with Crippen molar-refractivity contribution in [3.63, 3.8) is 0 Å². The first-order chi connectivity index (χ1) is 15.6. The Labute approximate surface area is 197 Å². The molecule has 0 saturated carbocycles. The summed E-state index contributed by atoms with van der Waals surface area (Å²) in [5.74, 6) is 0. The van der Waals surface area contributed by atoms with Crippen molar-refractivity contribution in [1.82, 2.24) is 14.5 Å². The maximum atomic E-state index is 13.5. The first-order valence-corrected chi connectivity index (χ1v) is 12.4. The summed E-state index contributed by atoms with van der Waals surface area (Å²) in [4.78, 5) is 22.7. The number of aromatic nitrogens is 3.